The van der Waals surface area contributed by atoms with Crippen LogP contribution in [-0.2, 0) is 10.3 Å². The maximum Gasteiger partial charge on any atom is 0.491 e. The van der Waals surface area contributed by atoms with E-state index in [1.165, 1.54) is 0 Å². The molecule has 3 rings (SSSR count). The third-order valence-corrected chi connectivity index (χ3v) is 3.89. The predicted octanol–water partition coefficient (Wildman–Crippen LogP) is 2.50. The molecule has 1 saturated heterocycles. The van der Waals surface area contributed by atoms with E-state index in [0.717, 1.165) is 24.6 Å². The van der Waals surface area contributed by atoms with Gasteiger partial charge in [0.25, 0.3) is 0 Å². The predicted molar refractivity (Wildman–Crippen MR) is 60.5 cm³/mol. The molecule has 108 valence electrons. The van der Waals surface area contributed by atoms with Gasteiger partial charge in [0.15, 0.2) is 0 Å². The lowest BCUT2D eigenvalue weighted by molar-refractivity contribution is -0.189. The SMILES string of the molecule is O=C(Oc1ccc(F)cc1C12CC1CCN2)C(F)(F)F. The van der Waals surface area contributed by atoms with Crippen LogP contribution in [0.25, 0.3) is 0 Å². The summed E-state index contributed by atoms with van der Waals surface area (Å²) in [6.07, 6.45) is -3.48. The van der Waals surface area contributed by atoms with Gasteiger partial charge in [-0.15, -0.1) is 0 Å². The zero-order valence-corrected chi connectivity index (χ0v) is 10.3. The number of carbonyl (C=O) groups excluding carboxylic acids is 1. The lowest BCUT2D eigenvalue weighted by Crippen LogP contribution is -2.31. The third kappa shape index (κ3) is 2.06. The Kier molecular flexibility index (Phi) is 2.79. The van der Waals surface area contributed by atoms with Crippen molar-refractivity contribution < 1.29 is 27.1 Å². The lowest BCUT2D eigenvalue weighted by Gasteiger charge is -2.18. The van der Waals surface area contributed by atoms with Crippen LogP contribution in [0.15, 0.2) is 18.2 Å². The molecule has 3 nitrogen and oxygen atoms in total. The molecule has 0 aromatic heterocycles. The second-order valence-corrected chi connectivity index (χ2v) is 5.12. The van der Waals surface area contributed by atoms with E-state index < -0.39 is 23.5 Å². The van der Waals surface area contributed by atoms with Crippen LogP contribution in [-0.4, -0.2) is 18.7 Å². The van der Waals surface area contributed by atoms with E-state index >= 15 is 0 Å². The van der Waals surface area contributed by atoms with Crippen LogP contribution in [0.3, 0.4) is 0 Å². The van der Waals surface area contributed by atoms with Crippen molar-refractivity contribution in [2.75, 3.05) is 6.54 Å². The summed E-state index contributed by atoms with van der Waals surface area (Å²) in [5, 5.41) is 3.16. The normalized spacial score (nSPS) is 28.1. The fourth-order valence-corrected chi connectivity index (χ4v) is 2.89. The summed E-state index contributed by atoms with van der Waals surface area (Å²) in [5.74, 6) is -2.84. The maximum absolute atomic E-state index is 13.4. The Balaban J connectivity index is 1.94. The van der Waals surface area contributed by atoms with E-state index in [1.807, 2.05) is 0 Å². The Hall–Kier alpha value is -1.63. The summed E-state index contributed by atoms with van der Waals surface area (Å²) < 4.78 is 54.6. The van der Waals surface area contributed by atoms with E-state index in [4.69, 9.17) is 0 Å². The number of ether oxygens (including phenoxy) is 1. The smallest absolute Gasteiger partial charge is 0.420 e. The zero-order valence-electron chi connectivity index (χ0n) is 10.3. The van der Waals surface area contributed by atoms with Crippen LogP contribution in [0.1, 0.15) is 18.4 Å². The van der Waals surface area contributed by atoms with Gasteiger partial charge in [0.2, 0.25) is 0 Å². The number of benzene rings is 1. The highest BCUT2D eigenvalue weighted by atomic mass is 19.4. The molecule has 0 spiro atoms. The van der Waals surface area contributed by atoms with Gasteiger partial charge in [-0.1, -0.05) is 0 Å². The second kappa shape index (κ2) is 4.18. The van der Waals surface area contributed by atoms with Crippen molar-refractivity contribution >= 4 is 5.97 Å². The molecular weight excluding hydrogens is 278 g/mol. The molecule has 20 heavy (non-hydrogen) atoms. The van der Waals surface area contributed by atoms with Crippen molar-refractivity contribution in [3.05, 3.63) is 29.6 Å². The molecule has 2 aliphatic rings. The summed E-state index contributed by atoms with van der Waals surface area (Å²) >= 11 is 0. The van der Waals surface area contributed by atoms with E-state index in [-0.39, 0.29) is 17.2 Å². The molecular formula is C13H11F4NO2. The fourth-order valence-electron chi connectivity index (χ4n) is 2.89. The average Bonchev–Trinajstić information content (AvgIpc) is 2.93. The van der Waals surface area contributed by atoms with Crippen molar-refractivity contribution in [3.63, 3.8) is 0 Å². The van der Waals surface area contributed by atoms with Gasteiger partial charge in [-0.25, -0.2) is 9.18 Å². The molecule has 1 aromatic rings. The monoisotopic (exact) mass is 289 g/mol. The van der Waals surface area contributed by atoms with Crippen LogP contribution in [0, 0.1) is 11.7 Å². The first kappa shape index (κ1) is 13.4. The number of hydrogen-bond acceptors (Lipinski definition) is 3. The van der Waals surface area contributed by atoms with Gasteiger partial charge in [0.1, 0.15) is 11.6 Å². The highest BCUT2D eigenvalue weighted by molar-refractivity contribution is 5.78. The molecule has 0 amide bonds. The fraction of sp³-hybridized carbons (Fsp3) is 0.462. The first-order valence-electron chi connectivity index (χ1n) is 6.17. The Morgan fingerprint density at radius 3 is 2.70 bits per heavy atom. The molecule has 1 aliphatic carbocycles. The number of carbonyl (C=O) groups is 1. The number of alkyl halides is 3. The van der Waals surface area contributed by atoms with Crippen molar-refractivity contribution in [1.82, 2.24) is 5.32 Å². The van der Waals surface area contributed by atoms with Gasteiger partial charge >= 0.3 is 12.1 Å². The minimum Gasteiger partial charge on any atom is -0.420 e. The number of nitrogens with one attached hydrogen (secondary N) is 1. The van der Waals surface area contributed by atoms with Gasteiger partial charge < -0.3 is 10.1 Å². The van der Waals surface area contributed by atoms with Crippen LogP contribution >= 0.6 is 0 Å². The van der Waals surface area contributed by atoms with E-state index in [0.29, 0.717) is 13.0 Å². The van der Waals surface area contributed by atoms with Crippen molar-refractivity contribution in [1.29, 1.82) is 0 Å². The van der Waals surface area contributed by atoms with Crippen molar-refractivity contribution in [3.8, 4) is 5.75 Å². The van der Waals surface area contributed by atoms with Gasteiger partial charge in [0, 0.05) is 5.56 Å². The number of hydrogen-bond donors (Lipinski definition) is 1. The minimum absolute atomic E-state index is 0.231. The van der Waals surface area contributed by atoms with Crippen LogP contribution < -0.4 is 10.1 Å². The minimum atomic E-state index is -5.07. The molecule has 2 fully saturated rings. The molecule has 0 radical (unpaired) electrons. The molecule has 0 bridgehead atoms. The van der Waals surface area contributed by atoms with Gasteiger partial charge in [-0.3, -0.25) is 0 Å². The van der Waals surface area contributed by atoms with E-state index in [9.17, 15) is 22.4 Å². The highest BCUT2D eigenvalue weighted by Gasteiger charge is 2.59. The maximum atomic E-state index is 13.4. The Morgan fingerprint density at radius 1 is 1.40 bits per heavy atom. The molecule has 1 aliphatic heterocycles. The summed E-state index contributed by atoms with van der Waals surface area (Å²) in [5.41, 5.74) is -0.249. The highest BCUT2D eigenvalue weighted by Crippen LogP contribution is 2.59. The zero-order chi connectivity index (χ0) is 14.5. The van der Waals surface area contributed by atoms with Crippen LogP contribution in [0.4, 0.5) is 17.6 Å². The lowest BCUT2D eigenvalue weighted by atomic mass is 10.0. The molecule has 1 heterocycles. The van der Waals surface area contributed by atoms with Gasteiger partial charge in [-0.2, -0.15) is 13.2 Å². The largest absolute Gasteiger partial charge is 0.491 e. The topological polar surface area (TPSA) is 38.3 Å². The van der Waals surface area contributed by atoms with Crippen LogP contribution in [0.2, 0.25) is 0 Å². The quantitative estimate of drug-likeness (QED) is 0.516. The van der Waals surface area contributed by atoms with Crippen LogP contribution in [0.5, 0.6) is 5.75 Å². The molecule has 7 heteroatoms. The average molecular weight is 289 g/mol. The number of esters is 1. The third-order valence-electron chi connectivity index (χ3n) is 3.89. The number of rotatable bonds is 2. The number of fused-ring (bicyclic) bond motifs is 1. The molecule has 1 aromatic carbocycles. The summed E-state index contributed by atoms with van der Waals surface area (Å²) in [7, 11) is 0. The summed E-state index contributed by atoms with van der Waals surface area (Å²) in [6, 6.07) is 3.18. The van der Waals surface area contributed by atoms with E-state index in [2.05, 4.69) is 10.1 Å². The van der Waals surface area contributed by atoms with Crippen molar-refractivity contribution in [2.24, 2.45) is 5.92 Å². The summed E-state index contributed by atoms with van der Waals surface area (Å²) in [6.45, 7) is 0.716. The summed E-state index contributed by atoms with van der Waals surface area (Å²) in [4.78, 5) is 10.9. The Bertz CT molecular complexity index is 572. The number of piperidine rings is 1. The van der Waals surface area contributed by atoms with Gasteiger partial charge in [-0.05, 0) is 43.5 Å². The molecule has 2 unspecified atom stereocenters. The van der Waals surface area contributed by atoms with E-state index in [1.54, 1.807) is 0 Å². The number of halogens is 4. The molecule has 1 N–H and O–H groups in total. The first-order valence-corrected chi connectivity index (χ1v) is 6.17. The molecule has 1 saturated carbocycles. The standard InChI is InChI=1S/C13H11F4NO2/c14-8-1-2-10(20-11(19)13(15,16)17)9(5-8)12-6-7(12)3-4-18-12/h1-2,5,7,18H,3-4,6H2. The van der Waals surface area contributed by atoms with Gasteiger partial charge in [0.05, 0.1) is 5.54 Å². The van der Waals surface area contributed by atoms with Crippen molar-refractivity contribution in [2.45, 2.75) is 24.6 Å². The molecule has 2 atom stereocenters. The second-order valence-electron chi connectivity index (χ2n) is 5.12. The Labute approximate surface area is 111 Å². The Morgan fingerprint density at radius 2 is 2.15 bits per heavy atom. The first-order chi connectivity index (χ1) is 9.33.